The number of anilines is 1. The lowest BCUT2D eigenvalue weighted by atomic mass is 10.2. The van der Waals surface area contributed by atoms with Crippen LogP contribution < -0.4 is 5.32 Å². The second kappa shape index (κ2) is 4.89. The molecule has 2 aromatic rings. The van der Waals surface area contributed by atoms with Crippen LogP contribution in [-0.2, 0) is 7.05 Å². The molecule has 2 aromatic heterocycles. The second-order valence-corrected chi connectivity index (χ2v) is 4.87. The van der Waals surface area contributed by atoms with Gasteiger partial charge in [0.2, 0.25) is 0 Å². The molecule has 0 aliphatic heterocycles. The van der Waals surface area contributed by atoms with Gasteiger partial charge in [-0.2, -0.15) is 5.10 Å². The number of nitrogens with one attached hydrogen (secondary N) is 1. The SMILES string of the molecule is Cc1nc(NC(=O)c2cn(C)nc2C)ccc1Br. The number of hydrogen-bond acceptors (Lipinski definition) is 3. The highest BCUT2D eigenvalue weighted by molar-refractivity contribution is 9.10. The number of aromatic nitrogens is 3. The Labute approximate surface area is 113 Å². The molecular weight excluding hydrogens is 296 g/mol. The normalized spacial score (nSPS) is 10.4. The number of carbonyl (C=O) groups is 1. The van der Waals surface area contributed by atoms with E-state index < -0.39 is 0 Å². The van der Waals surface area contributed by atoms with E-state index in [1.807, 2.05) is 13.0 Å². The summed E-state index contributed by atoms with van der Waals surface area (Å²) in [5.41, 5.74) is 2.08. The fraction of sp³-hybridized carbons (Fsp3) is 0.250. The van der Waals surface area contributed by atoms with E-state index in [1.54, 1.807) is 30.9 Å². The molecular formula is C12H13BrN4O. The lowest BCUT2D eigenvalue weighted by Gasteiger charge is -2.05. The third kappa shape index (κ3) is 2.59. The van der Waals surface area contributed by atoms with E-state index in [1.165, 1.54) is 0 Å². The maximum Gasteiger partial charge on any atom is 0.260 e. The van der Waals surface area contributed by atoms with Crippen LogP contribution in [0.5, 0.6) is 0 Å². The average Bonchev–Trinajstić information content (AvgIpc) is 2.63. The molecule has 1 N–H and O–H groups in total. The quantitative estimate of drug-likeness (QED) is 0.927. The van der Waals surface area contributed by atoms with Crippen molar-refractivity contribution >= 4 is 27.7 Å². The summed E-state index contributed by atoms with van der Waals surface area (Å²) in [6, 6.07) is 3.61. The standard InChI is InChI=1S/C12H13BrN4O/c1-7-9(6-17(3)16-7)12(18)15-11-5-4-10(13)8(2)14-11/h4-6H,1-3H3,(H,14,15,18). The Kier molecular flexibility index (Phi) is 3.47. The van der Waals surface area contributed by atoms with Crippen LogP contribution in [-0.4, -0.2) is 20.7 Å². The Balaban J connectivity index is 2.21. The van der Waals surface area contributed by atoms with Crippen LogP contribution in [0.3, 0.4) is 0 Å². The van der Waals surface area contributed by atoms with Gasteiger partial charge >= 0.3 is 0 Å². The number of pyridine rings is 1. The predicted molar refractivity (Wildman–Crippen MR) is 72.6 cm³/mol. The number of aryl methyl sites for hydroxylation is 3. The summed E-state index contributed by atoms with van der Waals surface area (Å²) in [6.45, 7) is 3.67. The minimum atomic E-state index is -0.199. The Morgan fingerprint density at radius 3 is 2.61 bits per heavy atom. The minimum absolute atomic E-state index is 0.199. The highest BCUT2D eigenvalue weighted by Gasteiger charge is 2.13. The third-order valence-electron chi connectivity index (χ3n) is 2.52. The van der Waals surface area contributed by atoms with E-state index in [0.29, 0.717) is 17.1 Å². The molecule has 0 bridgehead atoms. The van der Waals surface area contributed by atoms with Gasteiger partial charge in [0.1, 0.15) is 5.82 Å². The number of carbonyl (C=O) groups excluding carboxylic acids is 1. The summed E-state index contributed by atoms with van der Waals surface area (Å²) in [7, 11) is 1.78. The topological polar surface area (TPSA) is 59.8 Å². The molecule has 2 heterocycles. The van der Waals surface area contributed by atoms with Gasteiger partial charge in [0.25, 0.3) is 5.91 Å². The molecule has 0 fully saturated rings. The van der Waals surface area contributed by atoms with Crippen molar-refractivity contribution in [2.45, 2.75) is 13.8 Å². The first kappa shape index (κ1) is 12.8. The highest BCUT2D eigenvalue weighted by atomic mass is 79.9. The molecule has 0 radical (unpaired) electrons. The molecule has 0 atom stereocenters. The van der Waals surface area contributed by atoms with Gasteiger partial charge in [-0.25, -0.2) is 4.98 Å². The summed E-state index contributed by atoms with van der Waals surface area (Å²) in [4.78, 5) is 16.3. The number of rotatable bonds is 2. The molecule has 0 saturated heterocycles. The van der Waals surface area contributed by atoms with E-state index in [9.17, 15) is 4.79 Å². The molecule has 0 saturated carbocycles. The van der Waals surface area contributed by atoms with Crippen LogP contribution in [0.2, 0.25) is 0 Å². The largest absolute Gasteiger partial charge is 0.306 e. The van der Waals surface area contributed by atoms with Crippen molar-refractivity contribution < 1.29 is 4.79 Å². The number of nitrogens with zero attached hydrogens (tertiary/aromatic N) is 3. The molecule has 18 heavy (non-hydrogen) atoms. The number of halogens is 1. The van der Waals surface area contributed by atoms with E-state index in [0.717, 1.165) is 10.2 Å². The third-order valence-corrected chi connectivity index (χ3v) is 3.36. The Morgan fingerprint density at radius 2 is 2.06 bits per heavy atom. The smallest absolute Gasteiger partial charge is 0.260 e. The fourth-order valence-corrected chi connectivity index (χ4v) is 1.84. The van der Waals surface area contributed by atoms with Gasteiger partial charge in [-0.3, -0.25) is 9.48 Å². The van der Waals surface area contributed by atoms with Gasteiger partial charge in [0.05, 0.1) is 17.0 Å². The molecule has 6 heteroatoms. The van der Waals surface area contributed by atoms with E-state index >= 15 is 0 Å². The zero-order valence-electron chi connectivity index (χ0n) is 10.4. The summed E-state index contributed by atoms with van der Waals surface area (Å²) >= 11 is 3.37. The molecule has 0 unspecified atom stereocenters. The summed E-state index contributed by atoms with van der Waals surface area (Å²) < 4.78 is 2.53. The monoisotopic (exact) mass is 308 g/mol. The fourth-order valence-electron chi connectivity index (χ4n) is 1.62. The minimum Gasteiger partial charge on any atom is -0.306 e. The van der Waals surface area contributed by atoms with E-state index in [-0.39, 0.29) is 5.91 Å². The Morgan fingerprint density at radius 1 is 1.33 bits per heavy atom. The number of amides is 1. The van der Waals surface area contributed by atoms with Gasteiger partial charge in [-0.15, -0.1) is 0 Å². The molecule has 2 rings (SSSR count). The molecule has 0 aliphatic rings. The van der Waals surface area contributed by atoms with E-state index in [2.05, 4.69) is 31.3 Å². The van der Waals surface area contributed by atoms with Crippen LogP contribution in [0.1, 0.15) is 21.7 Å². The van der Waals surface area contributed by atoms with Gasteiger partial charge in [-0.1, -0.05) is 0 Å². The van der Waals surface area contributed by atoms with Crippen LogP contribution in [0.25, 0.3) is 0 Å². The van der Waals surface area contributed by atoms with Gasteiger partial charge < -0.3 is 5.32 Å². The zero-order chi connectivity index (χ0) is 13.3. The van der Waals surface area contributed by atoms with Gasteiger partial charge in [0.15, 0.2) is 0 Å². The molecule has 1 amide bonds. The molecule has 94 valence electrons. The number of hydrogen-bond donors (Lipinski definition) is 1. The van der Waals surface area contributed by atoms with Crippen molar-refractivity contribution in [3.05, 3.63) is 39.8 Å². The first-order chi connectivity index (χ1) is 8.47. The van der Waals surface area contributed by atoms with Crippen molar-refractivity contribution in [3.63, 3.8) is 0 Å². The van der Waals surface area contributed by atoms with Crippen molar-refractivity contribution in [2.75, 3.05) is 5.32 Å². The maximum absolute atomic E-state index is 12.0. The second-order valence-electron chi connectivity index (χ2n) is 4.02. The van der Waals surface area contributed by atoms with Crippen LogP contribution in [0, 0.1) is 13.8 Å². The molecule has 0 aliphatic carbocycles. The lowest BCUT2D eigenvalue weighted by molar-refractivity contribution is 0.102. The average molecular weight is 309 g/mol. The highest BCUT2D eigenvalue weighted by Crippen LogP contribution is 2.17. The summed E-state index contributed by atoms with van der Waals surface area (Å²) in [5, 5.41) is 6.89. The Hall–Kier alpha value is -1.69. The molecule has 0 spiro atoms. The van der Waals surface area contributed by atoms with Crippen LogP contribution >= 0.6 is 15.9 Å². The van der Waals surface area contributed by atoms with Crippen molar-refractivity contribution in [3.8, 4) is 0 Å². The van der Waals surface area contributed by atoms with Gasteiger partial charge in [-0.05, 0) is 41.9 Å². The summed E-state index contributed by atoms with van der Waals surface area (Å²) in [5.74, 6) is 0.332. The molecule has 5 nitrogen and oxygen atoms in total. The zero-order valence-corrected chi connectivity index (χ0v) is 11.9. The van der Waals surface area contributed by atoms with Crippen molar-refractivity contribution in [2.24, 2.45) is 7.05 Å². The Bertz CT molecular complexity index is 606. The van der Waals surface area contributed by atoms with Crippen molar-refractivity contribution in [1.82, 2.24) is 14.8 Å². The van der Waals surface area contributed by atoms with Gasteiger partial charge in [0, 0.05) is 17.7 Å². The first-order valence-electron chi connectivity index (χ1n) is 5.42. The summed E-state index contributed by atoms with van der Waals surface area (Å²) in [6.07, 6.45) is 1.69. The van der Waals surface area contributed by atoms with Crippen LogP contribution in [0.4, 0.5) is 5.82 Å². The maximum atomic E-state index is 12.0. The van der Waals surface area contributed by atoms with Crippen LogP contribution in [0.15, 0.2) is 22.8 Å². The van der Waals surface area contributed by atoms with E-state index in [4.69, 9.17) is 0 Å². The molecule has 0 aromatic carbocycles. The van der Waals surface area contributed by atoms with Crippen molar-refractivity contribution in [1.29, 1.82) is 0 Å². The lowest BCUT2D eigenvalue weighted by Crippen LogP contribution is -2.13. The predicted octanol–water partition coefficient (Wildman–Crippen LogP) is 2.45. The first-order valence-corrected chi connectivity index (χ1v) is 6.21.